The van der Waals surface area contributed by atoms with Gasteiger partial charge in [-0.25, -0.2) is 0 Å². The number of hydrogen-bond acceptors (Lipinski definition) is 3. The number of phenolic OH excluding ortho intramolecular Hbond substituents is 1. The minimum Gasteiger partial charge on any atom is -0.508 e. The predicted molar refractivity (Wildman–Crippen MR) is 64.7 cm³/mol. The number of piperidine rings is 1. The Balaban J connectivity index is 1.70. The number of fused-ring (bicyclic) bond motifs is 2. The highest BCUT2D eigenvalue weighted by atomic mass is 16.3. The van der Waals surface area contributed by atoms with Crippen LogP contribution >= 0.6 is 0 Å². The fourth-order valence-corrected chi connectivity index (χ4v) is 2.95. The molecule has 3 unspecified atom stereocenters. The molecule has 2 aliphatic heterocycles. The highest BCUT2D eigenvalue weighted by Crippen LogP contribution is 2.29. The molecule has 0 spiro atoms. The molecule has 3 heteroatoms. The minimum absolute atomic E-state index is 0.342. The molecule has 0 amide bonds. The van der Waals surface area contributed by atoms with E-state index in [-0.39, 0.29) is 0 Å². The SMILES string of the molecule is Oc1cccc(NC2CCN3CCC2C3)c1. The lowest BCUT2D eigenvalue weighted by atomic mass is 9.94. The maximum Gasteiger partial charge on any atom is 0.117 e. The van der Waals surface area contributed by atoms with E-state index in [1.54, 1.807) is 12.1 Å². The Bertz CT molecular complexity index is 380. The fraction of sp³-hybridized carbons (Fsp3) is 0.538. The Hall–Kier alpha value is -1.22. The van der Waals surface area contributed by atoms with E-state index in [9.17, 15) is 5.11 Å². The average Bonchev–Trinajstić information content (AvgIpc) is 2.66. The summed E-state index contributed by atoms with van der Waals surface area (Å²) >= 11 is 0. The molecular formula is C13H18N2O. The number of benzene rings is 1. The van der Waals surface area contributed by atoms with Crippen LogP contribution in [-0.2, 0) is 0 Å². The highest BCUT2D eigenvalue weighted by molar-refractivity contribution is 5.48. The summed E-state index contributed by atoms with van der Waals surface area (Å²) in [6, 6.07) is 8.02. The zero-order valence-corrected chi connectivity index (χ0v) is 9.39. The van der Waals surface area contributed by atoms with Crippen molar-refractivity contribution in [3.63, 3.8) is 0 Å². The molecule has 0 saturated carbocycles. The Kier molecular flexibility index (Phi) is 2.48. The average molecular weight is 218 g/mol. The van der Waals surface area contributed by atoms with E-state index in [2.05, 4.69) is 10.2 Å². The van der Waals surface area contributed by atoms with Gasteiger partial charge in [-0.05, 0) is 37.4 Å². The van der Waals surface area contributed by atoms with Crippen molar-refractivity contribution < 1.29 is 5.11 Å². The fourth-order valence-electron chi connectivity index (χ4n) is 2.95. The van der Waals surface area contributed by atoms with Crippen LogP contribution in [0.5, 0.6) is 5.75 Å². The van der Waals surface area contributed by atoms with Crippen molar-refractivity contribution in [3.8, 4) is 5.75 Å². The van der Waals surface area contributed by atoms with Gasteiger partial charge in [-0.2, -0.15) is 0 Å². The molecule has 2 bridgehead atoms. The smallest absolute Gasteiger partial charge is 0.117 e. The van der Waals surface area contributed by atoms with Crippen molar-refractivity contribution in [2.75, 3.05) is 25.0 Å². The zero-order chi connectivity index (χ0) is 11.0. The Morgan fingerprint density at radius 3 is 3.00 bits per heavy atom. The van der Waals surface area contributed by atoms with Gasteiger partial charge in [-0.3, -0.25) is 0 Å². The molecule has 0 aromatic heterocycles. The summed E-state index contributed by atoms with van der Waals surface area (Å²) in [7, 11) is 0. The first-order valence-electron chi connectivity index (χ1n) is 6.09. The van der Waals surface area contributed by atoms with Crippen molar-refractivity contribution >= 4 is 5.69 Å². The van der Waals surface area contributed by atoms with Crippen molar-refractivity contribution in [2.24, 2.45) is 5.92 Å². The number of aromatic hydroxyl groups is 1. The van der Waals surface area contributed by atoms with Crippen molar-refractivity contribution in [2.45, 2.75) is 18.9 Å². The normalized spacial score (nSPS) is 32.6. The molecule has 0 aliphatic carbocycles. The summed E-state index contributed by atoms with van der Waals surface area (Å²) in [5.74, 6) is 1.13. The summed E-state index contributed by atoms with van der Waals surface area (Å²) in [6.45, 7) is 3.73. The molecule has 1 aromatic rings. The minimum atomic E-state index is 0.342. The van der Waals surface area contributed by atoms with Crippen molar-refractivity contribution in [3.05, 3.63) is 24.3 Å². The lowest BCUT2D eigenvalue weighted by molar-refractivity contribution is 0.255. The number of phenols is 1. The van der Waals surface area contributed by atoms with Gasteiger partial charge in [-0.15, -0.1) is 0 Å². The first-order valence-corrected chi connectivity index (χ1v) is 6.09. The van der Waals surface area contributed by atoms with Gasteiger partial charge >= 0.3 is 0 Å². The summed E-state index contributed by atoms with van der Waals surface area (Å²) in [5.41, 5.74) is 1.05. The van der Waals surface area contributed by atoms with Gasteiger partial charge in [0.1, 0.15) is 5.75 Å². The molecule has 16 heavy (non-hydrogen) atoms. The summed E-state index contributed by atoms with van der Waals surface area (Å²) in [5, 5.41) is 13.0. The first kappa shape index (κ1) is 9.97. The van der Waals surface area contributed by atoms with Gasteiger partial charge in [0.25, 0.3) is 0 Å². The molecule has 0 radical (unpaired) electrons. The molecule has 1 aromatic carbocycles. The van der Waals surface area contributed by atoms with Gasteiger partial charge < -0.3 is 15.3 Å². The van der Waals surface area contributed by atoms with Crippen LogP contribution in [0.15, 0.2) is 24.3 Å². The Morgan fingerprint density at radius 1 is 1.25 bits per heavy atom. The number of nitrogens with one attached hydrogen (secondary N) is 1. The quantitative estimate of drug-likeness (QED) is 0.796. The van der Waals surface area contributed by atoms with Gasteiger partial charge in [0.05, 0.1) is 0 Å². The monoisotopic (exact) mass is 218 g/mol. The van der Waals surface area contributed by atoms with E-state index in [0.717, 1.165) is 11.6 Å². The molecule has 86 valence electrons. The van der Waals surface area contributed by atoms with Gasteiger partial charge in [0.2, 0.25) is 0 Å². The van der Waals surface area contributed by atoms with Gasteiger partial charge in [0, 0.05) is 30.9 Å². The molecule has 3 nitrogen and oxygen atoms in total. The third kappa shape index (κ3) is 1.87. The van der Waals surface area contributed by atoms with E-state index >= 15 is 0 Å². The van der Waals surface area contributed by atoms with Crippen LogP contribution < -0.4 is 5.32 Å². The molecule has 3 rings (SSSR count). The highest BCUT2D eigenvalue weighted by Gasteiger charge is 2.33. The van der Waals surface area contributed by atoms with E-state index in [1.807, 2.05) is 12.1 Å². The maximum atomic E-state index is 9.43. The second kappa shape index (κ2) is 3.98. The summed E-state index contributed by atoms with van der Waals surface area (Å²) in [6.07, 6.45) is 2.54. The first-order chi connectivity index (χ1) is 7.81. The van der Waals surface area contributed by atoms with Crippen LogP contribution in [0.4, 0.5) is 5.69 Å². The topological polar surface area (TPSA) is 35.5 Å². The molecule has 3 atom stereocenters. The Labute approximate surface area is 96.1 Å². The largest absolute Gasteiger partial charge is 0.508 e. The van der Waals surface area contributed by atoms with Crippen LogP contribution in [-0.4, -0.2) is 35.7 Å². The molecule has 2 N–H and O–H groups in total. The number of nitrogens with zero attached hydrogens (tertiary/aromatic N) is 1. The molecule has 2 saturated heterocycles. The van der Waals surface area contributed by atoms with E-state index in [1.165, 1.54) is 32.5 Å². The van der Waals surface area contributed by atoms with Gasteiger partial charge in [0.15, 0.2) is 0 Å². The van der Waals surface area contributed by atoms with E-state index < -0.39 is 0 Å². The second-order valence-electron chi connectivity index (χ2n) is 4.94. The van der Waals surface area contributed by atoms with Crippen LogP contribution in [0.25, 0.3) is 0 Å². The standard InChI is InChI=1S/C13H18N2O/c16-12-3-1-2-11(8-12)14-13-5-7-15-6-4-10(13)9-15/h1-3,8,10,13-14,16H,4-7,9H2. The number of hydrogen-bond donors (Lipinski definition) is 2. The second-order valence-corrected chi connectivity index (χ2v) is 4.94. The lowest BCUT2D eigenvalue weighted by Gasteiger charge is -2.31. The summed E-state index contributed by atoms with van der Waals surface area (Å²) < 4.78 is 0. The van der Waals surface area contributed by atoms with Gasteiger partial charge in [-0.1, -0.05) is 6.07 Å². The molecule has 2 fully saturated rings. The molecule has 2 heterocycles. The predicted octanol–water partition coefficient (Wildman–Crippen LogP) is 1.90. The third-order valence-electron chi connectivity index (χ3n) is 3.83. The maximum absolute atomic E-state index is 9.43. The number of rotatable bonds is 2. The van der Waals surface area contributed by atoms with Crippen LogP contribution in [0, 0.1) is 5.92 Å². The zero-order valence-electron chi connectivity index (χ0n) is 9.39. The van der Waals surface area contributed by atoms with Crippen molar-refractivity contribution in [1.29, 1.82) is 0 Å². The van der Waals surface area contributed by atoms with Crippen LogP contribution in [0.2, 0.25) is 0 Å². The molecule has 2 aliphatic rings. The summed E-state index contributed by atoms with van der Waals surface area (Å²) in [4.78, 5) is 2.55. The van der Waals surface area contributed by atoms with E-state index in [0.29, 0.717) is 11.8 Å². The van der Waals surface area contributed by atoms with E-state index in [4.69, 9.17) is 0 Å². The lowest BCUT2D eigenvalue weighted by Crippen LogP contribution is -2.39. The molecular weight excluding hydrogens is 200 g/mol. The Morgan fingerprint density at radius 2 is 2.12 bits per heavy atom. The van der Waals surface area contributed by atoms with Crippen LogP contribution in [0.1, 0.15) is 12.8 Å². The third-order valence-corrected chi connectivity index (χ3v) is 3.83. The van der Waals surface area contributed by atoms with Crippen LogP contribution in [0.3, 0.4) is 0 Å². The number of anilines is 1. The van der Waals surface area contributed by atoms with Crippen molar-refractivity contribution in [1.82, 2.24) is 4.90 Å².